The number of unbranched alkanes of at least 4 members (excludes halogenated alkanes) is 1. The molecular weight excluding hydrogens is 490 g/mol. The van der Waals surface area contributed by atoms with E-state index < -0.39 is 35.2 Å². The number of hydrogen-bond donors (Lipinski definition) is 2. The van der Waals surface area contributed by atoms with Gasteiger partial charge in [0.2, 0.25) is 11.8 Å². The summed E-state index contributed by atoms with van der Waals surface area (Å²) in [5, 5.41) is 5.77. The number of alkyl carbamates (subject to hydrolysis) is 1. The Bertz CT molecular complexity index is 1140. The van der Waals surface area contributed by atoms with E-state index in [2.05, 4.69) is 16.6 Å². The maximum absolute atomic E-state index is 14.4. The first-order chi connectivity index (χ1) is 18.3. The van der Waals surface area contributed by atoms with E-state index in [-0.39, 0.29) is 12.3 Å². The summed E-state index contributed by atoms with van der Waals surface area (Å²) in [6.07, 6.45) is 6.81. The number of ether oxygens (including phenoxy) is 1. The number of benzene rings is 2. The van der Waals surface area contributed by atoms with Crippen LogP contribution in [0.2, 0.25) is 0 Å². The Balaban J connectivity index is 2.58. The van der Waals surface area contributed by atoms with Crippen molar-refractivity contribution in [3.63, 3.8) is 0 Å². The Hall–Kier alpha value is -3.79. The predicted octanol–water partition coefficient (Wildman–Crippen LogP) is 5.39. The zero-order valence-corrected chi connectivity index (χ0v) is 24.3. The molecule has 2 rings (SSSR count). The zero-order chi connectivity index (χ0) is 29.2. The average molecular weight is 534 g/mol. The molecule has 0 saturated carbocycles. The monoisotopic (exact) mass is 533 g/mol. The van der Waals surface area contributed by atoms with Crippen LogP contribution in [0.1, 0.15) is 84.0 Å². The smallest absolute Gasteiger partial charge is 0.408 e. The molecule has 0 saturated heterocycles. The fourth-order valence-electron chi connectivity index (χ4n) is 4.18. The number of amides is 3. The quantitative estimate of drug-likeness (QED) is 0.317. The third kappa shape index (κ3) is 9.79. The lowest BCUT2D eigenvalue weighted by Gasteiger charge is -2.43. The highest BCUT2D eigenvalue weighted by atomic mass is 16.6. The highest BCUT2D eigenvalue weighted by molar-refractivity contribution is 5.92. The normalized spacial score (nSPS) is 13.0. The summed E-state index contributed by atoms with van der Waals surface area (Å²) in [6, 6.07) is 14.6. The molecular formula is C32H43N3O4. The Kier molecular flexibility index (Phi) is 11.2. The molecule has 210 valence electrons. The van der Waals surface area contributed by atoms with E-state index in [1.54, 1.807) is 49.9 Å². The van der Waals surface area contributed by atoms with Gasteiger partial charge in [-0.3, -0.25) is 9.59 Å². The van der Waals surface area contributed by atoms with Crippen molar-refractivity contribution in [2.75, 3.05) is 6.54 Å². The molecule has 0 aromatic heterocycles. The van der Waals surface area contributed by atoms with Crippen molar-refractivity contribution >= 4 is 17.9 Å². The Morgan fingerprint density at radius 1 is 0.974 bits per heavy atom. The standard InChI is InChI=1S/C32H43N3O4/c1-9-11-21-33-28(36)27(25-19-17-23(10-2)18-20-25)35(31(3,4)5)29(37)26(22-24-15-13-12-14-16-24)34-30(38)39-32(6,7)8/h2,12-20,26-27H,9,11,21-22H2,1,3-8H3,(H,33,36)(H,34,38). The second-order valence-corrected chi connectivity index (χ2v) is 11.6. The Labute approximate surface area is 233 Å². The van der Waals surface area contributed by atoms with Crippen molar-refractivity contribution in [2.24, 2.45) is 0 Å². The predicted molar refractivity (Wildman–Crippen MR) is 155 cm³/mol. The topological polar surface area (TPSA) is 87.7 Å². The molecule has 0 aliphatic heterocycles. The third-order valence-electron chi connectivity index (χ3n) is 5.96. The molecule has 0 aliphatic carbocycles. The number of terminal acetylenes is 1. The van der Waals surface area contributed by atoms with E-state index in [1.165, 1.54) is 0 Å². The van der Waals surface area contributed by atoms with Crippen LogP contribution in [0.4, 0.5) is 4.79 Å². The van der Waals surface area contributed by atoms with Gasteiger partial charge in [-0.15, -0.1) is 6.42 Å². The summed E-state index contributed by atoms with van der Waals surface area (Å²) in [7, 11) is 0. The lowest BCUT2D eigenvalue weighted by molar-refractivity contribution is -0.148. The first-order valence-corrected chi connectivity index (χ1v) is 13.5. The van der Waals surface area contributed by atoms with Crippen LogP contribution in [0.5, 0.6) is 0 Å². The fourth-order valence-corrected chi connectivity index (χ4v) is 4.18. The number of nitrogens with one attached hydrogen (secondary N) is 2. The average Bonchev–Trinajstić information content (AvgIpc) is 2.85. The van der Waals surface area contributed by atoms with Crippen molar-refractivity contribution in [1.29, 1.82) is 0 Å². The Morgan fingerprint density at radius 2 is 1.59 bits per heavy atom. The van der Waals surface area contributed by atoms with Gasteiger partial charge in [0, 0.05) is 24.1 Å². The minimum absolute atomic E-state index is 0.228. The molecule has 2 aromatic rings. The van der Waals surface area contributed by atoms with Gasteiger partial charge in [0.05, 0.1) is 0 Å². The first-order valence-electron chi connectivity index (χ1n) is 13.5. The molecule has 2 atom stereocenters. The van der Waals surface area contributed by atoms with Crippen LogP contribution in [0, 0.1) is 12.3 Å². The van der Waals surface area contributed by atoms with Gasteiger partial charge in [-0.1, -0.05) is 61.7 Å². The summed E-state index contributed by atoms with van der Waals surface area (Å²) in [6.45, 7) is 13.4. The van der Waals surface area contributed by atoms with Crippen LogP contribution >= 0.6 is 0 Å². The highest BCUT2D eigenvalue weighted by Crippen LogP contribution is 2.31. The number of carbonyl (C=O) groups excluding carboxylic acids is 3. The molecule has 0 fully saturated rings. The maximum atomic E-state index is 14.4. The molecule has 0 bridgehead atoms. The zero-order valence-electron chi connectivity index (χ0n) is 24.3. The molecule has 7 nitrogen and oxygen atoms in total. The molecule has 3 amide bonds. The van der Waals surface area contributed by atoms with Gasteiger partial charge in [0.25, 0.3) is 0 Å². The second kappa shape index (κ2) is 13.8. The Morgan fingerprint density at radius 3 is 2.10 bits per heavy atom. The van der Waals surface area contributed by atoms with Crippen LogP contribution in [0.3, 0.4) is 0 Å². The minimum Gasteiger partial charge on any atom is -0.444 e. The third-order valence-corrected chi connectivity index (χ3v) is 5.96. The lowest BCUT2D eigenvalue weighted by atomic mass is 9.93. The van der Waals surface area contributed by atoms with E-state index in [4.69, 9.17) is 11.2 Å². The van der Waals surface area contributed by atoms with Gasteiger partial charge in [-0.25, -0.2) is 4.79 Å². The molecule has 7 heteroatoms. The molecule has 0 heterocycles. The molecule has 0 aliphatic rings. The first kappa shape index (κ1) is 31.4. The number of rotatable bonds is 10. The van der Waals surface area contributed by atoms with Gasteiger partial charge in [0.15, 0.2) is 0 Å². The SMILES string of the molecule is C#Cc1ccc(C(C(=O)NCCCC)N(C(=O)C(Cc2ccccc2)NC(=O)OC(C)(C)C)C(C)(C)C)cc1. The molecule has 2 N–H and O–H groups in total. The van der Waals surface area contributed by atoms with Crippen molar-refractivity contribution in [2.45, 2.75) is 91.0 Å². The van der Waals surface area contributed by atoms with E-state index in [1.807, 2.05) is 58.0 Å². The van der Waals surface area contributed by atoms with E-state index in [0.29, 0.717) is 17.7 Å². The summed E-state index contributed by atoms with van der Waals surface area (Å²) in [5.41, 5.74) is 0.643. The van der Waals surface area contributed by atoms with E-state index in [0.717, 1.165) is 18.4 Å². The highest BCUT2D eigenvalue weighted by Gasteiger charge is 2.41. The summed E-state index contributed by atoms with van der Waals surface area (Å²) >= 11 is 0. The van der Waals surface area contributed by atoms with Crippen LogP contribution in [0.25, 0.3) is 0 Å². The van der Waals surface area contributed by atoms with Crippen molar-refractivity contribution in [3.05, 3.63) is 71.3 Å². The van der Waals surface area contributed by atoms with Crippen LogP contribution in [-0.4, -0.2) is 46.5 Å². The van der Waals surface area contributed by atoms with Crippen molar-refractivity contribution in [1.82, 2.24) is 15.5 Å². The molecule has 39 heavy (non-hydrogen) atoms. The number of carbonyl (C=O) groups is 3. The van der Waals surface area contributed by atoms with Gasteiger partial charge in [-0.2, -0.15) is 0 Å². The van der Waals surface area contributed by atoms with Gasteiger partial charge >= 0.3 is 6.09 Å². The van der Waals surface area contributed by atoms with Gasteiger partial charge in [-0.05, 0) is 71.2 Å². The summed E-state index contributed by atoms with van der Waals surface area (Å²) in [4.78, 5) is 42.5. The lowest BCUT2D eigenvalue weighted by Crippen LogP contribution is -2.59. The van der Waals surface area contributed by atoms with Crippen LogP contribution in [0.15, 0.2) is 54.6 Å². The van der Waals surface area contributed by atoms with Crippen LogP contribution in [-0.2, 0) is 20.7 Å². The summed E-state index contributed by atoms with van der Waals surface area (Å²) < 4.78 is 5.49. The van der Waals surface area contributed by atoms with Crippen molar-refractivity contribution in [3.8, 4) is 12.3 Å². The number of nitrogens with zero attached hydrogens (tertiary/aromatic N) is 1. The molecule has 0 radical (unpaired) electrons. The largest absolute Gasteiger partial charge is 0.444 e. The van der Waals surface area contributed by atoms with Crippen LogP contribution < -0.4 is 10.6 Å². The summed E-state index contributed by atoms with van der Waals surface area (Å²) in [5.74, 6) is 1.90. The van der Waals surface area contributed by atoms with E-state index in [9.17, 15) is 14.4 Å². The number of hydrogen-bond acceptors (Lipinski definition) is 4. The minimum atomic E-state index is -0.975. The second-order valence-electron chi connectivity index (χ2n) is 11.6. The van der Waals surface area contributed by atoms with Gasteiger partial charge < -0.3 is 20.3 Å². The van der Waals surface area contributed by atoms with E-state index >= 15 is 0 Å². The molecule has 2 unspecified atom stereocenters. The molecule has 0 spiro atoms. The molecule has 2 aromatic carbocycles. The fraction of sp³-hybridized carbons (Fsp3) is 0.469. The van der Waals surface area contributed by atoms with Crippen molar-refractivity contribution < 1.29 is 19.1 Å². The maximum Gasteiger partial charge on any atom is 0.408 e. The van der Waals surface area contributed by atoms with Gasteiger partial charge in [0.1, 0.15) is 17.7 Å².